The molecule has 0 radical (unpaired) electrons. The Morgan fingerprint density at radius 3 is 2.86 bits per heavy atom. The first-order valence-corrected chi connectivity index (χ1v) is 5.32. The summed E-state index contributed by atoms with van der Waals surface area (Å²) in [7, 11) is 1.85. The van der Waals surface area contributed by atoms with Crippen molar-refractivity contribution in [3.8, 4) is 0 Å². The molecule has 5 nitrogen and oxygen atoms in total. The molecule has 0 atom stereocenters. The van der Waals surface area contributed by atoms with Gasteiger partial charge in [0.05, 0.1) is 0 Å². The van der Waals surface area contributed by atoms with Crippen LogP contribution in [0.3, 0.4) is 0 Å². The van der Waals surface area contributed by atoms with E-state index in [1.807, 2.05) is 7.05 Å². The van der Waals surface area contributed by atoms with E-state index >= 15 is 0 Å². The molecule has 1 aliphatic rings. The average molecular weight is 195 g/mol. The summed E-state index contributed by atoms with van der Waals surface area (Å²) < 4.78 is 1.66. The van der Waals surface area contributed by atoms with Gasteiger partial charge in [-0.3, -0.25) is 0 Å². The zero-order chi connectivity index (χ0) is 9.80. The van der Waals surface area contributed by atoms with Crippen LogP contribution in [0.5, 0.6) is 0 Å². The smallest absolute Gasteiger partial charge is 0.242 e. The van der Waals surface area contributed by atoms with Gasteiger partial charge in [0, 0.05) is 13.6 Å². The van der Waals surface area contributed by atoms with Crippen LogP contribution in [0.2, 0.25) is 0 Å². The van der Waals surface area contributed by atoms with Gasteiger partial charge >= 0.3 is 0 Å². The van der Waals surface area contributed by atoms with Crippen LogP contribution in [-0.4, -0.2) is 26.8 Å². The largest absolute Gasteiger partial charge is 0.353 e. The lowest BCUT2D eigenvalue weighted by Gasteiger charge is -2.08. The van der Waals surface area contributed by atoms with Crippen molar-refractivity contribution in [3.05, 3.63) is 0 Å². The molecule has 0 amide bonds. The van der Waals surface area contributed by atoms with Crippen LogP contribution in [-0.2, 0) is 7.05 Å². The number of hydrogen-bond donors (Lipinski definition) is 1. The Morgan fingerprint density at radius 2 is 2.21 bits per heavy atom. The number of nitrogens with zero attached hydrogens (tertiary/aromatic N) is 4. The molecule has 1 aliphatic carbocycles. The lowest BCUT2D eigenvalue weighted by atomic mass is 10.0. The highest BCUT2D eigenvalue weighted by molar-refractivity contribution is 5.20. The second-order valence-corrected chi connectivity index (χ2v) is 3.99. The molecule has 2 rings (SSSR count). The molecule has 1 aromatic heterocycles. The van der Waals surface area contributed by atoms with Gasteiger partial charge in [-0.25, -0.2) is 4.68 Å². The minimum Gasteiger partial charge on any atom is -0.353 e. The summed E-state index contributed by atoms with van der Waals surface area (Å²) >= 11 is 0. The van der Waals surface area contributed by atoms with Crippen LogP contribution in [0.15, 0.2) is 0 Å². The van der Waals surface area contributed by atoms with Crippen molar-refractivity contribution in [2.24, 2.45) is 13.0 Å². The molecule has 1 aromatic rings. The van der Waals surface area contributed by atoms with Gasteiger partial charge in [0.2, 0.25) is 5.95 Å². The maximum atomic E-state index is 3.87. The lowest BCUT2D eigenvalue weighted by molar-refractivity contribution is 0.517. The van der Waals surface area contributed by atoms with Gasteiger partial charge in [0.25, 0.3) is 0 Å². The van der Waals surface area contributed by atoms with E-state index < -0.39 is 0 Å². The molecule has 78 valence electrons. The molecule has 1 fully saturated rings. The van der Waals surface area contributed by atoms with Crippen LogP contribution in [0, 0.1) is 5.92 Å². The van der Waals surface area contributed by atoms with E-state index in [-0.39, 0.29) is 0 Å². The van der Waals surface area contributed by atoms with Crippen molar-refractivity contribution in [1.29, 1.82) is 0 Å². The third-order valence-corrected chi connectivity index (χ3v) is 2.93. The Bertz CT molecular complexity index is 276. The van der Waals surface area contributed by atoms with Gasteiger partial charge in [0.15, 0.2) is 0 Å². The molecule has 1 saturated carbocycles. The standard InChI is InChI=1S/C9H17N5/c1-14-9(11-12-13-14)10-7-6-8-4-2-3-5-8/h8H,2-7H2,1H3,(H,10,11,13). The van der Waals surface area contributed by atoms with Crippen LogP contribution >= 0.6 is 0 Å². The van der Waals surface area contributed by atoms with E-state index in [0.717, 1.165) is 18.4 Å². The number of aromatic nitrogens is 4. The quantitative estimate of drug-likeness (QED) is 0.784. The number of nitrogens with one attached hydrogen (secondary N) is 1. The highest BCUT2D eigenvalue weighted by Crippen LogP contribution is 2.27. The molecular formula is C9H17N5. The highest BCUT2D eigenvalue weighted by Gasteiger charge is 2.14. The minimum atomic E-state index is 0.767. The molecule has 5 heteroatoms. The molecular weight excluding hydrogens is 178 g/mol. The van der Waals surface area contributed by atoms with Crippen LogP contribution in [0.1, 0.15) is 32.1 Å². The number of hydrogen-bond acceptors (Lipinski definition) is 4. The maximum Gasteiger partial charge on any atom is 0.242 e. The first-order valence-electron chi connectivity index (χ1n) is 5.32. The topological polar surface area (TPSA) is 55.6 Å². The van der Waals surface area contributed by atoms with Gasteiger partial charge in [-0.2, -0.15) is 0 Å². The van der Waals surface area contributed by atoms with Gasteiger partial charge in [-0.1, -0.05) is 30.8 Å². The first kappa shape index (κ1) is 9.43. The molecule has 0 bridgehead atoms. The van der Waals surface area contributed by atoms with Crippen molar-refractivity contribution >= 4 is 5.95 Å². The number of rotatable bonds is 4. The van der Waals surface area contributed by atoms with Crippen molar-refractivity contribution < 1.29 is 0 Å². The highest BCUT2D eigenvalue weighted by atomic mass is 15.6. The third-order valence-electron chi connectivity index (χ3n) is 2.93. The van der Waals surface area contributed by atoms with Crippen LogP contribution in [0.25, 0.3) is 0 Å². The van der Waals surface area contributed by atoms with Gasteiger partial charge in [-0.15, -0.1) is 0 Å². The predicted octanol–water partition coefficient (Wildman–Crippen LogP) is 1.20. The molecule has 1 heterocycles. The minimum absolute atomic E-state index is 0.767. The van der Waals surface area contributed by atoms with Crippen molar-refractivity contribution in [2.75, 3.05) is 11.9 Å². The molecule has 0 unspecified atom stereocenters. The predicted molar refractivity (Wildman–Crippen MR) is 53.9 cm³/mol. The second-order valence-electron chi connectivity index (χ2n) is 3.99. The van der Waals surface area contributed by atoms with E-state index in [0.29, 0.717) is 0 Å². The summed E-state index contributed by atoms with van der Waals surface area (Å²) in [6.45, 7) is 0.985. The Kier molecular flexibility index (Phi) is 2.96. The summed E-state index contributed by atoms with van der Waals surface area (Å²) in [5.41, 5.74) is 0. The van der Waals surface area contributed by atoms with Crippen LogP contribution in [0.4, 0.5) is 5.95 Å². The SMILES string of the molecule is Cn1nnnc1NCCC1CCCC1. The van der Waals surface area contributed by atoms with E-state index in [1.54, 1.807) is 4.68 Å². The molecule has 0 aromatic carbocycles. The molecule has 14 heavy (non-hydrogen) atoms. The molecule has 1 N–H and O–H groups in total. The summed E-state index contributed by atoms with van der Waals surface area (Å²) in [5.74, 6) is 1.69. The van der Waals surface area contributed by atoms with Crippen molar-refractivity contribution in [2.45, 2.75) is 32.1 Å². The number of aryl methyl sites for hydroxylation is 1. The van der Waals surface area contributed by atoms with Gasteiger partial charge in [0.1, 0.15) is 0 Å². The monoisotopic (exact) mass is 195 g/mol. The van der Waals surface area contributed by atoms with E-state index in [1.165, 1.54) is 32.1 Å². The van der Waals surface area contributed by atoms with E-state index in [2.05, 4.69) is 20.8 Å². The molecule has 0 aliphatic heterocycles. The van der Waals surface area contributed by atoms with Gasteiger partial charge < -0.3 is 5.32 Å². The average Bonchev–Trinajstić information content (AvgIpc) is 2.78. The fraction of sp³-hybridized carbons (Fsp3) is 0.889. The summed E-state index contributed by atoms with van der Waals surface area (Å²) in [4.78, 5) is 0. The van der Waals surface area contributed by atoms with Crippen molar-refractivity contribution in [1.82, 2.24) is 20.2 Å². The second kappa shape index (κ2) is 4.39. The number of anilines is 1. The van der Waals surface area contributed by atoms with Crippen molar-refractivity contribution in [3.63, 3.8) is 0 Å². The normalized spacial score (nSPS) is 17.5. The van der Waals surface area contributed by atoms with E-state index in [9.17, 15) is 0 Å². The Balaban J connectivity index is 1.70. The third kappa shape index (κ3) is 2.21. The van der Waals surface area contributed by atoms with Gasteiger partial charge in [-0.05, 0) is 22.8 Å². The summed E-state index contributed by atoms with van der Waals surface area (Å²) in [6, 6.07) is 0. The summed E-state index contributed by atoms with van der Waals surface area (Å²) in [6.07, 6.45) is 6.87. The zero-order valence-corrected chi connectivity index (χ0v) is 8.61. The fourth-order valence-corrected chi connectivity index (χ4v) is 2.07. The molecule has 0 spiro atoms. The molecule has 0 saturated heterocycles. The number of tetrazole rings is 1. The Labute approximate surface area is 83.9 Å². The van der Waals surface area contributed by atoms with Crippen LogP contribution < -0.4 is 5.32 Å². The zero-order valence-electron chi connectivity index (χ0n) is 8.61. The van der Waals surface area contributed by atoms with E-state index in [4.69, 9.17) is 0 Å². The Hall–Kier alpha value is -1.13. The lowest BCUT2D eigenvalue weighted by Crippen LogP contribution is -2.10. The maximum absolute atomic E-state index is 3.87. The Morgan fingerprint density at radius 1 is 1.43 bits per heavy atom. The fourth-order valence-electron chi connectivity index (χ4n) is 2.07. The summed E-state index contributed by atoms with van der Waals surface area (Å²) in [5, 5.41) is 14.5. The first-order chi connectivity index (χ1) is 6.86.